The van der Waals surface area contributed by atoms with Crippen LogP contribution in [0.4, 0.5) is 5.69 Å². The lowest BCUT2D eigenvalue weighted by Crippen LogP contribution is -2.08. The van der Waals surface area contributed by atoms with Crippen molar-refractivity contribution in [1.82, 2.24) is 0 Å². The minimum absolute atomic E-state index is 0. The molecule has 0 saturated carbocycles. The number of amides is 1. The second kappa shape index (κ2) is 3.76. The van der Waals surface area contributed by atoms with E-state index in [-0.39, 0.29) is 7.33 Å². The number of para-hydroxylation sites is 1. The van der Waals surface area contributed by atoms with Crippen molar-refractivity contribution >= 4 is 11.6 Å². The topological polar surface area (TPSA) is 29.1 Å². The summed E-state index contributed by atoms with van der Waals surface area (Å²) in [6.07, 6.45) is 0.523. The van der Waals surface area contributed by atoms with Gasteiger partial charge in [-0.05, 0) is 12.1 Å². The Labute approximate surface area is 67.7 Å². The van der Waals surface area contributed by atoms with E-state index in [2.05, 4.69) is 5.32 Å². The quantitative estimate of drug-likeness (QED) is 0.690. The van der Waals surface area contributed by atoms with Gasteiger partial charge in [-0.25, -0.2) is 0 Å². The maximum atomic E-state index is 10.9. The molecule has 1 rings (SSSR count). The number of hydrogen-bond donors (Lipinski definition) is 1. The van der Waals surface area contributed by atoms with Gasteiger partial charge in [0.2, 0.25) is 5.91 Å². The molecule has 1 aromatic carbocycles. The molecule has 2 heteroatoms. The maximum Gasteiger partial charge on any atom is 0.224 e. The van der Waals surface area contributed by atoms with E-state index >= 15 is 0 Å². The fourth-order valence-electron chi connectivity index (χ4n) is 0.771. The largest absolute Gasteiger partial charge is 0.326 e. The lowest BCUT2D eigenvalue weighted by atomic mass is 10.3. The molecule has 0 spiro atoms. The highest BCUT2D eigenvalue weighted by atomic mass is 16.1. The Hall–Kier alpha value is -1.31. The van der Waals surface area contributed by atoms with Gasteiger partial charge in [-0.1, -0.05) is 25.1 Å². The van der Waals surface area contributed by atoms with Crippen LogP contribution in [0.15, 0.2) is 30.3 Å². The molecule has 0 saturated heterocycles. The molecule has 11 heavy (non-hydrogen) atoms. The average molecular weight is 151 g/mol. The second-order valence-electron chi connectivity index (χ2n) is 2.27. The molecule has 0 aliphatic rings. The van der Waals surface area contributed by atoms with Crippen LogP contribution in [0.5, 0.6) is 0 Å². The van der Waals surface area contributed by atoms with E-state index in [0.29, 0.717) is 6.42 Å². The van der Waals surface area contributed by atoms with Crippen molar-refractivity contribution < 1.29 is 6.22 Å². The molecule has 0 aliphatic carbocycles. The monoisotopic (exact) mass is 151 g/mol. The molecule has 0 unspecified atom stereocenters. The first-order chi connectivity index (χ1) is 5.33. The Morgan fingerprint density at radius 1 is 1.45 bits per heavy atom. The van der Waals surface area contributed by atoms with E-state index in [4.69, 9.17) is 0 Å². The fraction of sp³-hybridized carbons (Fsp3) is 0.222. The van der Waals surface area contributed by atoms with Gasteiger partial charge in [-0.3, -0.25) is 4.79 Å². The third kappa shape index (κ3) is 2.42. The number of anilines is 1. The van der Waals surface area contributed by atoms with Gasteiger partial charge in [0.15, 0.2) is 0 Å². The van der Waals surface area contributed by atoms with Gasteiger partial charge >= 0.3 is 0 Å². The molecular formula is C9H13NO. The summed E-state index contributed by atoms with van der Waals surface area (Å²) in [7, 11) is 0. The first-order valence-corrected chi connectivity index (χ1v) is 3.68. The normalized spacial score (nSPS) is 9.18. The van der Waals surface area contributed by atoms with Crippen LogP contribution in [0, 0.1) is 0 Å². The van der Waals surface area contributed by atoms with Gasteiger partial charge in [0.1, 0.15) is 0 Å². The van der Waals surface area contributed by atoms with Crippen LogP contribution < -0.4 is 5.32 Å². The van der Waals surface area contributed by atoms with Crippen LogP contribution in [0.2, 0.25) is 0 Å². The van der Waals surface area contributed by atoms with Crippen LogP contribution in [0.25, 0.3) is 0 Å². The van der Waals surface area contributed by atoms with Gasteiger partial charge in [-0.2, -0.15) is 0 Å². The zero-order chi connectivity index (χ0) is 8.10. The van der Waals surface area contributed by atoms with Gasteiger partial charge in [0.05, 0.1) is 0 Å². The van der Waals surface area contributed by atoms with Crippen LogP contribution in [0.3, 0.4) is 0 Å². The maximum absolute atomic E-state index is 10.9. The zero-order valence-electron chi connectivity index (χ0n) is 6.50. The molecule has 0 radical (unpaired) electrons. The van der Waals surface area contributed by atoms with Gasteiger partial charge < -0.3 is 5.32 Å². The molecule has 1 N–H and O–H groups in total. The highest BCUT2D eigenvalue weighted by Crippen LogP contribution is 2.04. The third-order valence-corrected chi connectivity index (χ3v) is 1.38. The van der Waals surface area contributed by atoms with Crippen LogP contribution in [-0.2, 0) is 4.79 Å². The van der Waals surface area contributed by atoms with Crippen LogP contribution in [-0.4, -0.2) is 5.91 Å². The molecule has 1 amide bonds. The second-order valence-corrected chi connectivity index (χ2v) is 2.27. The highest BCUT2D eigenvalue weighted by molar-refractivity contribution is 5.90. The predicted octanol–water partition coefficient (Wildman–Crippen LogP) is 2.28. The van der Waals surface area contributed by atoms with Crippen molar-refractivity contribution in [3.63, 3.8) is 0 Å². The highest BCUT2D eigenvalue weighted by Gasteiger charge is 1.95. The van der Waals surface area contributed by atoms with Crippen molar-refractivity contribution in [3.8, 4) is 0 Å². The number of hydrogen-bond acceptors (Lipinski definition) is 1. The summed E-state index contributed by atoms with van der Waals surface area (Å²) < 4.78 is 0. The minimum atomic E-state index is 0. The van der Waals surface area contributed by atoms with Crippen molar-refractivity contribution in [3.05, 3.63) is 30.3 Å². The summed E-state index contributed by atoms with van der Waals surface area (Å²) in [6.45, 7) is 1.83. The Kier molecular flexibility index (Phi) is 2.66. The molecule has 0 heterocycles. The van der Waals surface area contributed by atoms with Crippen molar-refractivity contribution in [1.29, 1.82) is 0 Å². The SMILES string of the molecule is CCC(=O)Nc1ccccc1.[HH]. The van der Waals surface area contributed by atoms with Crippen molar-refractivity contribution in [2.24, 2.45) is 0 Å². The van der Waals surface area contributed by atoms with Gasteiger partial charge in [-0.15, -0.1) is 0 Å². The Bertz CT molecular complexity index is 236. The smallest absolute Gasteiger partial charge is 0.224 e. The summed E-state index contributed by atoms with van der Waals surface area (Å²) in [5.41, 5.74) is 0.861. The minimum Gasteiger partial charge on any atom is -0.326 e. The molecule has 0 atom stereocenters. The summed E-state index contributed by atoms with van der Waals surface area (Å²) in [6, 6.07) is 9.44. The molecule has 0 fully saturated rings. The molecule has 1 aromatic rings. The molecule has 60 valence electrons. The van der Waals surface area contributed by atoms with Gasteiger partial charge in [0.25, 0.3) is 0 Å². The van der Waals surface area contributed by atoms with E-state index < -0.39 is 0 Å². The summed E-state index contributed by atoms with van der Waals surface area (Å²) in [5.74, 6) is 0.0520. The molecule has 0 bridgehead atoms. The molecule has 2 nitrogen and oxygen atoms in total. The van der Waals surface area contributed by atoms with Crippen LogP contribution >= 0.6 is 0 Å². The number of benzene rings is 1. The van der Waals surface area contributed by atoms with E-state index in [1.54, 1.807) is 0 Å². The fourth-order valence-corrected chi connectivity index (χ4v) is 0.771. The first kappa shape index (κ1) is 7.79. The zero-order valence-corrected chi connectivity index (χ0v) is 6.50. The van der Waals surface area contributed by atoms with Crippen LogP contribution in [0.1, 0.15) is 14.8 Å². The van der Waals surface area contributed by atoms with Crippen molar-refractivity contribution in [2.75, 3.05) is 5.32 Å². The Morgan fingerprint density at radius 2 is 2.09 bits per heavy atom. The standard InChI is InChI=1S/C9H11NO.H2/c1-2-9(11)10-8-6-4-3-5-7-8;/h3-7H,2H2,1H3,(H,10,11);1H. The Balaban J connectivity index is 0.00000121. The predicted molar refractivity (Wildman–Crippen MR) is 47.5 cm³/mol. The van der Waals surface area contributed by atoms with E-state index in [1.165, 1.54) is 0 Å². The van der Waals surface area contributed by atoms with E-state index in [1.807, 2.05) is 37.3 Å². The molecule has 0 aromatic heterocycles. The number of carbonyl (C=O) groups excluding carboxylic acids is 1. The average Bonchev–Trinajstić information content (AvgIpc) is 2.06. The summed E-state index contributed by atoms with van der Waals surface area (Å²) in [4.78, 5) is 10.9. The van der Waals surface area contributed by atoms with E-state index in [9.17, 15) is 4.79 Å². The van der Waals surface area contributed by atoms with E-state index in [0.717, 1.165) is 5.69 Å². The van der Waals surface area contributed by atoms with Gasteiger partial charge in [0, 0.05) is 13.5 Å². The molecule has 0 aliphatic heterocycles. The lowest BCUT2D eigenvalue weighted by molar-refractivity contribution is -0.115. The third-order valence-electron chi connectivity index (χ3n) is 1.38. The first-order valence-electron chi connectivity index (χ1n) is 3.68. The lowest BCUT2D eigenvalue weighted by Gasteiger charge is -2.00. The Morgan fingerprint density at radius 3 is 2.64 bits per heavy atom. The number of carbonyl (C=O) groups is 1. The summed E-state index contributed by atoms with van der Waals surface area (Å²) in [5, 5.41) is 2.75. The van der Waals surface area contributed by atoms with Crippen molar-refractivity contribution in [2.45, 2.75) is 13.3 Å². The molecular weight excluding hydrogens is 138 g/mol. The number of rotatable bonds is 2. The number of nitrogens with one attached hydrogen (secondary N) is 1. The summed E-state index contributed by atoms with van der Waals surface area (Å²) >= 11 is 0.